The third kappa shape index (κ3) is 5.76. The lowest BCUT2D eigenvalue weighted by Crippen LogP contribution is -2.53. The Labute approximate surface area is 152 Å². The number of hydrogen-bond donors (Lipinski definition) is 1. The van der Waals surface area contributed by atoms with Crippen LogP contribution in [0.1, 0.15) is 38.7 Å². The first-order valence-electron chi connectivity index (χ1n) is 8.73. The van der Waals surface area contributed by atoms with Crippen LogP contribution in [0.5, 0.6) is 0 Å². The van der Waals surface area contributed by atoms with Crippen molar-refractivity contribution in [3.8, 4) is 0 Å². The van der Waals surface area contributed by atoms with Gasteiger partial charge in [-0.2, -0.15) is 0 Å². The van der Waals surface area contributed by atoms with E-state index in [1.807, 2.05) is 18.9 Å². The summed E-state index contributed by atoms with van der Waals surface area (Å²) in [6, 6.07) is 10.6. The molecule has 1 aliphatic rings. The minimum absolute atomic E-state index is 0. The van der Waals surface area contributed by atoms with Crippen molar-refractivity contribution in [1.82, 2.24) is 9.80 Å². The van der Waals surface area contributed by atoms with E-state index in [1.165, 1.54) is 5.56 Å². The fourth-order valence-corrected chi connectivity index (χ4v) is 3.58. The van der Waals surface area contributed by atoms with Gasteiger partial charge in [-0.15, -0.1) is 12.4 Å². The van der Waals surface area contributed by atoms with Crippen molar-refractivity contribution in [1.29, 1.82) is 0 Å². The fraction of sp³-hybridized carbons (Fsp3) is 0.632. The maximum Gasteiger partial charge on any atom is 0.242 e. The molecular formula is C19H32ClN3O. The van der Waals surface area contributed by atoms with Gasteiger partial charge in [0, 0.05) is 26.7 Å². The SMILES string of the molecule is CCCC(C)(N)C(=O)N(C)CC1CCN(Cc2ccccc2)C1.Cl. The Morgan fingerprint density at radius 2 is 2.04 bits per heavy atom. The van der Waals surface area contributed by atoms with Gasteiger partial charge in [0.2, 0.25) is 5.91 Å². The average Bonchev–Trinajstić information content (AvgIpc) is 2.94. The zero-order valence-electron chi connectivity index (χ0n) is 15.2. The van der Waals surface area contributed by atoms with Crippen molar-refractivity contribution in [2.24, 2.45) is 11.7 Å². The second-order valence-electron chi connectivity index (χ2n) is 7.23. The molecule has 0 aromatic heterocycles. The molecule has 1 amide bonds. The highest BCUT2D eigenvalue weighted by Gasteiger charge is 2.32. The second kappa shape index (κ2) is 9.40. The van der Waals surface area contributed by atoms with E-state index in [9.17, 15) is 4.79 Å². The van der Waals surface area contributed by atoms with Crippen molar-refractivity contribution < 1.29 is 4.79 Å². The highest BCUT2D eigenvalue weighted by molar-refractivity contribution is 5.85. The Hall–Kier alpha value is -1.10. The van der Waals surface area contributed by atoms with Gasteiger partial charge in [-0.1, -0.05) is 43.7 Å². The molecule has 136 valence electrons. The van der Waals surface area contributed by atoms with Crippen LogP contribution in [0.3, 0.4) is 0 Å². The highest BCUT2D eigenvalue weighted by Crippen LogP contribution is 2.21. The summed E-state index contributed by atoms with van der Waals surface area (Å²) in [7, 11) is 1.89. The number of nitrogens with zero attached hydrogens (tertiary/aromatic N) is 2. The van der Waals surface area contributed by atoms with Crippen LogP contribution in [0.15, 0.2) is 30.3 Å². The van der Waals surface area contributed by atoms with Crippen molar-refractivity contribution in [2.75, 3.05) is 26.7 Å². The monoisotopic (exact) mass is 353 g/mol. The minimum Gasteiger partial charge on any atom is -0.344 e. The van der Waals surface area contributed by atoms with Crippen LogP contribution < -0.4 is 5.73 Å². The molecule has 0 bridgehead atoms. The Morgan fingerprint density at radius 1 is 1.38 bits per heavy atom. The normalized spacial score (nSPS) is 20.2. The predicted octanol–water partition coefficient (Wildman–Crippen LogP) is 2.91. The molecule has 0 aliphatic carbocycles. The molecule has 1 aromatic rings. The number of rotatable bonds is 7. The predicted molar refractivity (Wildman–Crippen MR) is 102 cm³/mol. The van der Waals surface area contributed by atoms with Crippen LogP contribution in [-0.2, 0) is 11.3 Å². The zero-order chi connectivity index (χ0) is 16.9. The Kier molecular flexibility index (Phi) is 8.20. The molecule has 1 heterocycles. The maximum absolute atomic E-state index is 12.5. The number of carbonyl (C=O) groups is 1. The van der Waals surface area contributed by atoms with E-state index in [4.69, 9.17) is 5.73 Å². The third-order valence-corrected chi connectivity index (χ3v) is 4.76. The van der Waals surface area contributed by atoms with Crippen LogP contribution in [0.2, 0.25) is 0 Å². The molecular weight excluding hydrogens is 322 g/mol. The number of nitrogens with two attached hydrogens (primary N) is 1. The molecule has 1 saturated heterocycles. The quantitative estimate of drug-likeness (QED) is 0.820. The van der Waals surface area contributed by atoms with E-state index >= 15 is 0 Å². The third-order valence-electron chi connectivity index (χ3n) is 4.76. The van der Waals surface area contributed by atoms with Gasteiger partial charge in [0.15, 0.2) is 0 Å². The summed E-state index contributed by atoms with van der Waals surface area (Å²) in [5.74, 6) is 0.617. The van der Waals surface area contributed by atoms with Crippen molar-refractivity contribution in [3.63, 3.8) is 0 Å². The molecule has 0 saturated carbocycles. The topological polar surface area (TPSA) is 49.6 Å². The van der Waals surface area contributed by atoms with Gasteiger partial charge in [0.1, 0.15) is 0 Å². The average molecular weight is 354 g/mol. The maximum atomic E-state index is 12.5. The Balaban J connectivity index is 0.00000288. The lowest BCUT2D eigenvalue weighted by Gasteiger charge is -2.30. The van der Waals surface area contributed by atoms with Crippen LogP contribution in [0.25, 0.3) is 0 Å². The van der Waals surface area contributed by atoms with Gasteiger partial charge < -0.3 is 10.6 Å². The van der Waals surface area contributed by atoms with Gasteiger partial charge in [-0.05, 0) is 37.8 Å². The molecule has 0 radical (unpaired) electrons. The number of hydrogen-bond acceptors (Lipinski definition) is 3. The van der Waals surface area contributed by atoms with Gasteiger partial charge in [-0.25, -0.2) is 0 Å². The summed E-state index contributed by atoms with van der Waals surface area (Å²) in [5.41, 5.74) is 6.80. The summed E-state index contributed by atoms with van der Waals surface area (Å²) in [4.78, 5) is 16.8. The standard InChI is InChI=1S/C19H31N3O.ClH/c1-4-11-19(2,20)18(23)21(3)13-17-10-12-22(15-17)14-16-8-6-5-7-9-16;/h5-9,17H,4,10-15,20H2,1-3H3;1H. The largest absolute Gasteiger partial charge is 0.344 e. The van der Waals surface area contributed by atoms with E-state index in [1.54, 1.807) is 0 Å². The Bertz CT molecular complexity index is 507. The first kappa shape index (κ1) is 20.9. The molecule has 0 spiro atoms. The summed E-state index contributed by atoms with van der Waals surface area (Å²) in [5, 5.41) is 0. The molecule has 24 heavy (non-hydrogen) atoms. The van der Waals surface area contributed by atoms with Crippen LogP contribution in [-0.4, -0.2) is 47.9 Å². The zero-order valence-corrected chi connectivity index (χ0v) is 16.0. The van der Waals surface area contributed by atoms with Gasteiger partial charge in [0.25, 0.3) is 0 Å². The number of halogens is 1. The Morgan fingerprint density at radius 3 is 2.67 bits per heavy atom. The number of benzene rings is 1. The molecule has 2 atom stereocenters. The van der Waals surface area contributed by atoms with E-state index < -0.39 is 5.54 Å². The number of amides is 1. The van der Waals surface area contributed by atoms with Crippen molar-refractivity contribution in [3.05, 3.63) is 35.9 Å². The van der Waals surface area contributed by atoms with Crippen molar-refractivity contribution >= 4 is 18.3 Å². The molecule has 1 aliphatic heterocycles. The highest BCUT2D eigenvalue weighted by atomic mass is 35.5. The molecule has 2 N–H and O–H groups in total. The van der Waals surface area contributed by atoms with Crippen LogP contribution in [0.4, 0.5) is 0 Å². The summed E-state index contributed by atoms with van der Waals surface area (Å²) in [6.07, 6.45) is 2.82. The summed E-state index contributed by atoms with van der Waals surface area (Å²) < 4.78 is 0. The van der Waals surface area contributed by atoms with E-state index in [-0.39, 0.29) is 18.3 Å². The minimum atomic E-state index is -0.730. The smallest absolute Gasteiger partial charge is 0.242 e. The fourth-order valence-electron chi connectivity index (χ4n) is 3.58. The molecule has 2 rings (SSSR count). The number of likely N-dealkylation sites (tertiary alicyclic amines) is 1. The van der Waals surface area contributed by atoms with Crippen molar-refractivity contribution in [2.45, 2.75) is 45.2 Å². The summed E-state index contributed by atoms with van der Waals surface area (Å²) >= 11 is 0. The van der Waals surface area contributed by atoms with Gasteiger partial charge in [0.05, 0.1) is 5.54 Å². The summed E-state index contributed by atoms with van der Waals surface area (Å²) in [6.45, 7) is 7.89. The molecule has 1 aromatic carbocycles. The number of likely N-dealkylation sites (N-methyl/N-ethyl adjacent to an activating group) is 1. The molecule has 1 fully saturated rings. The lowest BCUT2D eigenvalue weighted by molar-refractivity contribution is -0.135. The van der Waals surface area contributed by atoms with Crippen LogP contribution >= 0.6 is 12.4 Å². The molecule has 4 nitrogen and oxygen atoms in total. The van der Waals surface area contributed by atoms with E-state index in [0.717, 1.165) is 45.4 Å². The van der Waals surface area contributed by atoms with Gasteiger partial charge >= 0.3 is 0 Å². The molecule has 2 unspecified atom stereocenters. The van der Waals surface area contributed by atoms with Gasteiger partial charge in [-0.3, -0.25) is 9.69 Å². The second-order valence-corrected chi connectivity index (χ2v) is 7.23. The first-order chi connectivity index (χ1) is 10.9. The molecule has 5 heteroatoms. The van der Waals surface area contributed by atoms with E-state index in [0.29, 0.717) is 5.92 Å². The first-order valence-corrected chi connectivity index (χ1v) is 8.73. The van der Waals surface area contributed by atoms with Crippen LogP contribution in [0, 0.1) is 5.92 Å². The lowest BCUT2D eigenvalue weighted by atomic mass is 9.95. The van der Waals surface area contributed by atoms with E-state index in [2.05, 4.69) is 42.2 Å². The number of carbonyl (C=O) groups excluding carboxylic acids is 1.